The van der Waals surface area contributed by atoms with Crippen LogP contribution in [0.1, 0.15) is 64.7 Å². The summed E-state index contributed by atoms with van der Waals surface area (Å²) in [5.41, 5.74) is 0.387. The van der Waals surface area contributed by atoms with Crippen molar-refractivity contribution in [2.24, 2.45) is 5.92 Å². The molecule has 118 valence electrons. The molecule has 21 heavy (non-hydrogen) atoms. The second kappa shape index (κ2) is 7.62. The molecule has 2 unspecified atom stereocenters. The summed E-state index contributed by atoms with van der Waals surface area (Å²) in [5, 5.41) is 0. The van der Waals surface area contributed by atoms with Gasteiger partial charge in [0, 0.05) is 5.57 Å². The maximum Gasteiger partial charge on any atom is 0.333 e. The minimum Gasteiger partial charge on any atom is -0.458 e. The molecule has 0 bridgehead atoms. The summed E-state index contributed by atoms with van der Waals surface area (Å²) >= 11 is 0. The van der Waals surface area contributed by atoms with Crippen LogP contribution in [0.25, 0.3) is 0 Å². The average Bonchev–Trinajstić information content (AvgIpc) is 2.50. The molecular formula is C17H26O4. The van der Waals surface area contributed by atoms with Gasteiger partial charge in [-0.1, -0.05) is 25.8 Å². The highest BCUT2D eigenvalue weighted by Crippen LogP contribution is 2.29. The van der Waals surface area contributed by atoms with Gasteiger partial charge in [-0.2, -0.15) is 0 Å². The third-order valence-electron chi connectivity index (χ3n) is 4.45. The van der Waals surface area contributed by atoms with Crippen LogP contribution in [-0.2, 0) is 19.1 Å². The van der Waals surface area contributed by atoms with Crippen molar-refractivity contribution in [3.8, 4) is 0 Å². The van der Waals surface area contributed by atoms with Crippen molar-refractivity contribution in [2.75, 3.05) is 0 Å². The molecule has 2 rings (SSSR count). The van der Waals surface area contributed by atoms with Crippen molar-refractivity contribution >= 4 is 11.9 Å². The SMILES string of the molecule is C=C(C)C(=O)OC1CCCCC1OC(=O)C1CCCCC1. The van der Waals surface area contributed by atoms with Crippen LogP contribution in [0.5, 0.6) is 0 Å². The quantitative estimate of drug-likeness (QED) is 0.588. The van der Waals surface area contributed by atoms with Crippen molar-refractivity contribution in [1.29, 1.82) is 0 Å². The Labute approximate surface area is 126 Å². The van der Waals surface area contributed by atoms with Gasteiger partial charge < -0.3 is 9.47 Å². The zero-order valence-electron chi connectivity index (χ0n) is 12.9. The highest BCUT2D eigenvalue weighted by molar-refractivity contribution is 5.87. The molecule has 0 saturated heterocycles. The Kier molecular flexibility index (Phi) is 5.83. The van der Waals surface area contributed by atoms with Crippen molar-refractivity contribution in [1.82, 2.24) is 0 Å². The second-order valence-electron chi connectivity index (χ2n) is 6.32. The van der Waals surface area contributed by atoms with Gasteiger partial charge >= 0.3 is 11.9 Å². The number of carbonyl (C=O) groups excluding carboxylic acids is 2. The Bertz CT molecular complexity index is 396. The zero-order valence-corrected chi connectivity index (χ0v) is 12.9. The number of hydrogen-bond donors (Lipinski definition) is 0. The maximum atomic E-state index is 12.3. The summed E-state index contributed by atoms with van der Waals surface area (Å²) in [6.07, 6.45) is 8.28. The predicted octanol–water partition coefficient (Wildman–Crippen LogP) is 3.54. The van der Waals surface area contributed by atoms with Crippen LogP contribution < -0.4 is 0 Å². The first-order valence-electron chi connectivity index (χ1n) is 8.15. The highest BCUT2D eigenvalue weighted by Gasteiger charge is 2.33. The van der Waals surface area contributed by atoms with Gasteiger partial charge in [0.1, 0.15) is 12.2 Å². The molecule has 0 aromatic rings. The molecule has 0 aromatic carbocycles. The molecule has 2 fully saturated rings. The lowest BCUT2D eigenvalue weighted by Gasteiger charge is -2.32. The molecule has 2 aliphatic carbocycles. The van der Waals surface area contributed by atoms with Crippen LogP contribution in [0, 0.1) is 5.92 Å². The lowest BCUT2D eigenvalue weighted by atomic mass is 9.89. The average molecular weight is 294 g/mol. The summed E-state index contributed by atoms with van der Waals surface area (Å²) in [7, 11) is 0. The topological polar surface area (TPSA) is 52.6 Å². The van der Waals surface area contributed by atoms with E-state index in [9.17, 15) is 9.59 Å². The summed E-state index contributed by atoms with van der Waals surface area (Å²) in [4.78, 5) is 23.9. The first-order valence-corrected chi connectivity index (χ1v) is 8.15. The fourth-order valence-corrected chi connectivity index (χ4v) is 3.15. The van der Waals surface area contributed by atoms with Crippen molar-refractivity contribution in [3.63, 3.8) is 0 Å². The molecule has 4 heteroatoms. The number of hydrogen-bond acceptors (Lipinski definition) is 4. The monoisotopic (exact) mass is 294 g/mol. The standard InChI is InChI=1S/C17H26O4/c1-12(2)16(18)20-14-10-6-7-11-15(14)21-17(19)13-8-4-3-5-9-13/h13-15H,1,3-11H2,2H3. The van der Waals surface area contributed by atoms with E-state index in [1.165, 1.54) is 6.42 Å². The van der Waals surface area contributed by atoms with Gasteiger partial charge in [-0.25, -0.2) is 4.79 Å². The van der Waals surface area contributed by atoms with Gasteiger partial charge in [0.25, 0.3) is 0 Å². The summed E-state index contributed by atoms with van der Waals surface area (Å²) in [6, 6.07) is 0. The summed E-state index contributed by atoms with van der Waals surface area (Å²) in [6.45, 7) is 5.23. The molecule has 2 aliphatic rings. The Hall–Kier alpha value is -1.32. The molecule has 4 nitrogen and oxygen atoms in total. The Morgan fingerprint density at radius 3 is 1.95 bits per heavy atom. The van der Waals surface area contributed by atoms with Crippen molar-refractivity contribution in [2.45, 2.75) is 76.9 Å². The van der Waals surface area contributed by atoms with Crippen LogP contribution in [0.2, 0.25) is 0 Å². The minimum absolute atomic E-state index is 0.0400. The maximum absolute atomic E-state index is 12.3. The van der Waals surface area contributed by atoms with Gasteiger partial charge in [0.05, 0.1) is 5.92 Å². The largest absolute Gasteiger partial charge is 0.458 e. The van der Waals surface area contributed by atoms with E-state index in [0.29, 0.717) is 5.57 Å². The number of carbonyl (C=O) groups is 2. The molecule has 0 heterocycles. The predicted molar refractivity (Wildman–Crippen MR) is 79.6 cm³/mol. The third-order valence-corrected chi connectivity index (χ3v) is 4.45. The molecular weight excluding hydrogens is 268 g/mol. The van der Waals surface area contributed by atoms with E-state index in [0.717, 1.165) is 51.4 Å². The number of rotatable bonds is 4. The van der Waals surface area contributed by atoms with Crippen LogP contribution >= 0.6 is 0 Å². The van der Waals surface area contributed by atoms with E-state index in [1.54, 1.807) is 6.92 Å². The molecule has 2 atom stereocenters. The van der Waals surface area contributed by atoms with Gasteiger partial charge in [-0.15, -0.1) is 0 Å². The highest BCUT2D eigenvalue weighted by atomic mass is 16.6. The smallest absolute Gasteiger partial charge is 0.333 e. The van der Waals surface area contributed by atoms with Gasteiger partial charge in [0.15, 0.2) is 0 Å². The number of ether oxygens (including phenoxy) is 2. The van der Waals surface area contributed by atoms with E-state index in [1.807, 2.05) is 0 Å². The Morgan fingerprint density at radius 1 is 0.857 bits per heavy atom. The third kappa shape index (κ3) is 4.58. The summed E-state index contributed by atoms with van der Waals surface area (Å²) in [5.74, 6) is -0.447. The molecule has 2 saturated carbocycles. The van der Waals surface area contributed by atoms with E-state index in [2.05, 4.69) is 6.58 Å². The Morgan fingerprint density at radius 2 is 1.38 bits per heavy atom. The molecule has 0 amide bonds. The van der Waals surface area contributed by atoms with E-state index in [-0.39, 0.29) is 30.1 Å². The van der Waals surface area contributed by atoms with Crippen molar-refractivity contribution in [3.05, 3.63) is 12.2 Å². The molecule has 0 spiro atoms. The lowest BCUT2D eigenvalue weighted by Crippen LogP contribution is -2.39. The van der Waals surface area contributed by atoms with Gasteiger partial charge in [-0.05, 0) is 45.4 Å². The number of esters is 2. The van der Waals surface area contributed by atoms with E-state index < -0.39 is 0 Å². The molecule has 0 aliphatic heterocycles. The Balaban J connectivity index is 1.90. The van der Waals surface area contributed by atoms with Crippen LogP contribution in [-0.4, -0.2) is 24.1 Å². The minimum atomic E-state index is -0.388. The molecule has 0 aromatic heterocycles. The first kappa shape index (κ1) is 16.1. The fourth-order valence-electron chi connectivity index (χ4n) is 3.15. The normalized spacial score (nSPS) is 26.9. The zero-order chi connectivity index (χ0) is 15.2. The molecule has 0 radical (unpaired) electrons. The fraction of sp³-hybridized carbons (Fsp3) is 0.765. The van der Waals surface area contributed by atoms with E-state index in [4.69, 9.17) is 9.47 Å². The van der Waals surface area contributed by atoms with Crippen LogP contribution in [0.3, 0.4) is 0 Å². The van der Waals surface area contributed by atoms with E-state index >= 15 is 0 Å². The van der Waals surface area contributed by atoms with Crippen LogP contribution in [0.15, 0.2) is 12.2 Å². The lowest BCUT2D eigenvalue weighted by molar-refractivity contribution is -0.173. The summed E-state index contributed by atoms with van der Waals surface area (Å²) < 4.78 is 11.1. The first-order chi connectivity index (χ1) is 10.1. The van der Waals surface area contributed by atoms with Crippen LogP contribution in [0.4, 0.5) is 0 Å². The molecule has 0 N–H and O–H groups in total. The van der Waals surface area contributed by atoms with Gasteiger partial charge in [0.2, 0.25) is 0 Å². The van der Waals surface area contributed by atoms with Crippen molar-refractivity contribution < 1.29 is 19.1 Å². The van der Waals surface area contributed by atoms with Gasteiger partial charge in [-0.3, -0.25) is 4.79 Å². The second-order valence-corrected chi connectivity index (χ2v) is 6.32.